The largest absolute Gasteiger partial charge is 0.506 e. The van der Waals surface area contributed by atoms with E-state index in [9.17, 15) is 10.2 Å². The van der Waals surface area contributed by atoms with Crippen LogP contribution in [-0.4, -0.2) is 26.4 Å². The summed E-state index contributed by atoms with van der Waals surface area (Å²) in [4.78, 5) is 12.9. The lowest BCUT2D eigenvalue weighted by atomic mass is 10.2. The van der Waals surface area contributed by atoms with E-state index in [2.05, 4.69) is 46.8 Å². The van der Waals surface area contributed by atoms with Crippen LogP contribution in [0.25, 0.3) is 22.6 Å². The van der Waals surface area contributed by atoms with Gasteiger partial charge >= 0.3 is 0 Å². The number of pyridine rings is 1. The van der Waals surface area contributed by atoms with Crippen LogP contribution in [0.3, 0.4) is 0 Å². The number of hydrogen-bond acceptors (Lipinski definition) is 6. The third kappa shape index (κ3) is 3.45. The second-order valence-electron chi connectivity index (χ2n) is 5.63. The molecule has 0 fully saturated rings. The molecule has 134 valence electrons. The second kappa shape index (κ2) is 7.13. The fourth-order valence-corrected chi connectivity index (χ4v) is 3.62. The van der Waals surface area contributed by atoms with E-state index in [1.165, 1.54) is 6.21 Å². The Morgan fingerprint density at radius 3 is 2.70 bits per heavy atom. The second-order valence-corrected chi connectivity index (χ2v) is 7.28. The predicted octanol–water partition coefficient (Wildman–Crippen LogP) is 5.58. The van der Waals surface area contributed by atoms with Gasteiger partial charge in [-0.15, -0.1) is 0 Å². The van der Waals surface area contributed by atoms with Gasteiger partial charge in [-0.2, -0.15) is 0 Å². The molecule has 0 radical (unpaired) electrons. The zero-order valence-electron chi connectivity index (χ0n) is 13.6. The number of aromatic nitrogens is 2. The van der Waals surface area contributed by atoms with E-state index in [1.54, 1.807) is 36.7 Å². The van der Waals surface area contributed by atoms with Crippen LogP contribution in [-0.2, 0) is 0 Å². The highest BCUT2D eigenvalue weighted by Crippen LogP contribution is 2.40. The van der Waals surface area contributed by atoms with Crippen molar-refractivity contribution in [2.45, 2.75) is 0 Å². The monoisotopic (exact) mass is 487 g/mol. The molecule has 0 aliphatic rings. The van der Waals surface area contributed by atoms with E-state index in [1.807, 2.05) is 12.1 Å². The standard InChI is InChI=1S/C19H11Br2N3O3/c20-13-6-11(17(25)16(21)18(13)26)9-23-12-3-4-15-14(7-12)24-19(27-15)10-2-1-5-22-8-10/h1-9,25-26H. The molecule has 2 N–H and O–H groups in total. The van der Waals surface area contributed by atoms with Crippen LogP contribution >= 0.6 is 31.9 Å². The number of phenols is 2. The molecule has 2 aromatic carbocycles. The molecule has 8 heteroatoms. The van der Waals surface area contributed by atoms with Crippen LogP contribution in [0.4, 0.5) is 5.69 Å². The first-order valence-corrected chi connectivity index (χ1v) is 9.36. The summed E-state index contributed by atoms with van der Waals surface area (Å²) in [6.45, 7) is 0. The molecule has 0 saturated carbocycles. The highest BCUT2D eigenvalue weighted by Gasteiger charge is 2.13. The molecule has 6 nitrogen and oxygen atoms in total. The summed E-state index contributed by atoms with van der Waals surface area (Å²) in [5, 5.41) is 19.9. The molecule has 0 aliphatic carbocycles. The minimum absolute atomic E-state index is 0.0726. The molecule has 0 bridgehead atoms. The summed E-state index contributed by atoms with van der Waals surface area (Å²) in [6, 6.07) is 10.6. The van der Waals surface area contributed by atoms with Crippen molar-refractivity contribution in [3.05, 3.63) is 63.3 Å². The quantitative estimate of drug-likeness (QED) is 0.367. The maximum atomic E-state index is 10.1. The van der Waals surface area contributed by atoms with E-state index >= 15 is 0 Å². The van der Waals surface area contributed by atoms with Gasteiger partial charge < -0.3 is 14.6 Å². The molecule has 2 heterocycles. The van der Waals surface area contributed by atoms with Crippen molar-refractivity contribution >= 4 is 54.9 Å². The highest BCUT2D eigenvalue weighted by atomic mass is 79.9. The number of aliphatic imine (C=N–C) groups is 1. The number of hydrogen-bond donors (Lipinski definition) is 2. The van der Waals surface area contributed by atoms with E-state index in [4.69, 9.17) is 4.42 Å². The van der Waals surface area contributed by atoms with Crippen LogP contribution in [0.1, 0.15) is 5.56 Å². The maximum absolute atomic E-state index is 10.1. The van der Waals surface area contributed by atoms with Crippen molar-refractivity contribution in [3.63, 3.8) is 0 Å². The predicted molar refractivity (Wildman–Crippen MR) is 110 cm³/mol. The Labute approximate surface area is 170 Å². The van der Waals surface area contributed by atoms with Crippen molar-refractivity contribution in [1.82, 2.24) is 9.97 Å². The fourth-order valence-electron chi connectivity index (χ4n) is 2.47. The average molecular weight is 489 g/mol. The number of oxazole rings is 1. The summed E-state index contributed by atoms with van der Waals surface area (Å²) in [7, 11) is 0. The van der Waals surface area contributed by atoms with Crippen LogP contribution < -0.4 is 0 Å². The molecule has 0 aliphatic heterocycles. The van der Waals surface area contributed by atoms with Crippen molar-refractivity contribution in [3.8, 4) is 23.0 Å². The fraction of sp³-hybridized carbons (Fsp3) is 0. The van der Waals surface area contributed by atoms with E-state index < -0.39 is 0 Å². The van der Waals surface area contributed by atoms with Gasteiger partial charge in [0.1, 0.15) is 21.5 Å². The first-order chi connectivity index (χ1) is 13.0. The van der Waals surface area contributed by atoms with Crippen molar-refractivity contribution in [1.29, 1.82) is 0 Å². The SMILES string of the molecule is Oc1c(Br)cc(C=Nc2ccc3oc(-c4cccnc4)nc3c2)c(O)c1Br. The first kappa shape index (κ1) is 17.7. The number of nitrogens with zero attached hydrogens (tertiary/aromatic N) is 3. The first-order valence-electron chi connectivity index (χ1n) is 7.78. The molecule has 27 heavy (non-hydrogen) atoms. The molecule has 0 spiro atoms. The van der Waals surface area contributed by atoms with Gasteiger partial charge in [-0.3, -0.25) is 9.98 Å². The van der Waals surface area contributed by atoms with Gasteiger partial charge in [0.05, 0.1) is 15.7 Å². The molecule has 0 amide bonds. The third-order valence-corrected chi connectivity index (χ3v) is 5.19. The molecular weight excluding hydrogens is 478 g/mol. The normalized spacial score (nSPS) is 11.5. The maximum Gasteiger partial charge on any atom is 0.228 e. The molecule has 4 aromatic rings. The van der Waals surface area contributed by atoms with Crippen LogP contribution in [0.15, 0.2) is 67.1 Å². The van der Waals surface area contributed by atoms with Gasteiger partial charge in [0, 0.05) is 24.2 Å². The minimum atomic E-state index is -0.0965. The van der Waals surface area contributed by atoms with Crippen molar-refractivity contribution in [2.24, 2.45) is 4.99 Å². The zero-order valence-corrected chi connectivity index (χ0v) is 16.8. The Balaban J connectivity index is 1.68. The number of phenolic OH excluding ortho intramolecular Hbond substituents is 2. The number of benzene rings is 2. The van der Waals surface area contributed by atoms with Crippen LogP contribution in [0.2, 0.25) is 0 Å². The number of aromatic hydroxyl groups is 2. The van der Waals surface area contributed by atoms with Gasteiger partial charge in [-0.25, -0.2) is 4.98 Å². The molecule has 0 atom stereocenters. The summed E-state index contributed by atoms with van der Waals surface area (Å²) >= 11 is 6.38. The molecule has 2 aromatic heterocycles. The number of rotatable bonds is 3. The topological polar surface area (TPSA) is 91.7 Å². The zero-order chi connectivity index (χ0) is 19.0. The number of halogens is 2. The Kier molecular flexibility index (Phi) is 4.67. The third-order valence-electron chi connectivity index (χ3n) is 3.83. The molecule has 0 unspecified atom stereocenters. The Bertz CT molecular complexity index is 1170. The van der Waals surface area contributed by atoms with E-state index in [0.29, 0.717) is 32.7 Å². The highest BCUT2D eigenvalue weighted by molar-refractivity contribution is 9.11. The van der Waals surface area contributed by atoms with Crippen molar-refractivity contribution in [2.75, 3.05) is 0 Å². The van der Waals surface area contributed by atoms with Crippen molar-refractivity contribution < 1.29 is 14.6 Å². The molecule has 4 rings (SSSR count). The smallest absolute Gasteiger partial charge is 0.228 e. The Morgan fingerprint density at radius 1 is 1.07 bits per heavy atom. The molecule has 0 saturated heterocycles. The van der Waals surface area contributed by atoms with Gasteiger partial charge in [-0.05, 0) is 68.3 Å². The summed E-state index contributed by atoms with van der Waals surface area (Å²) in [5.74, 6) is 0.320. The van der Waals surface area contributed by atoms with Gasteiger partial charge in [-0.1, -0.05) is 0 Å². The van der Waals surface area contributed by atoms with Gasteiger partial charge in [0.2, 0.25) is 5.89 Å². The lowest BCUT2D eigenvalue weighted by molar-refractivity contribution is 0.442. The van der Waals surface area contributed by atoms with Gasteiger partial charge in [0.25, 0.3) is 0 Å². The Morgan fingerprint density at radius 2 is 1.93 bits per heavy atom. The Hall–Kier alpha value is -2.71. The summed E-state index contributed by atoms with van der Waals surface area (Å²) < 4.78 is 6.40. The average Bonchev–Trinajstić information content (AvgIpc) is 3.12. The van der Waals surface area contributed by atoms with E-state index in [0.717, 1.165) is 5.56 Å². The minimum Gasteiger partial charge on any atom is -0.506 e. The molecular formula is C19H11Br2N3O3. The lowest BCUT2D eigenvalue weighted by Crippen LogP contribution is -1.85. The van der Waals surface area contributed by atoms with Gasteiger partial charge in [0.15, 0.2) is 5.58 Å². The number of fused-ring (bicyclic) bond motifs is 1. The van der Waals surface area contributed by atoms with Crippen LogP contribution in [0.5, 0.6) is 11.5 Å². The van der Waals surface area contributed by atoms with E-state index in [-0.39, 0.29) is 16.0 Å². The van der Waals surface area contributed by atoms with Crippen LogP contribution in [0, 0.1) is 0 Å². The summed E-state index contributed by atoms with van der Waals surface area (Å²) in [5.41, 5.74) is 3.20. The summed E-state index contributed by atoms with van der Waals surface area (Å²) in [6.07, 6.45) is 4.88. The lowest BCUT2D eigenvalue weighted by Gasteiger charge is -2.06.